The molecule has 4 aromatic rings. The summed E-state index contributed by atoms with van der Waals surface area (Å²) < 4.78 is 7.10. The normalized spacial score (nSPS) is 16.3. The quantitative estimate of drug-likeness (QED) is 0.560. The standard InChI is InChI=1S/C22H24N6O2/c1-14-11-19(26-30-14)18-12-20-24-16(3)15(2)21(28(20)25-18)27-9-6-22(29,7-10-27)17-5-4-8-23-13-17/h4-5,8,11-13,29H,6-7,9-10H2,1-3H3. The van der Waals surface area contributed by atoms with Crippen LogP contribution in [0.4, 0.5) is 5.82 Å². The van der Waals surface area contributed by atoms with Gasteiger partial charge in [-0.1, -0.05) is 11.2 Å². The topological polar surface area (TPSA) is 92.6 Å². The molecule has 5 rings (SSSR count). The number of hydrogen-bond donors (Lipinski definition) is 1. The van der Waals surface area contributed by atoms with E-state index in [2.05, 4.69) is 22.0 Å². The highest BCUT2D eigenvalue weighted by Crippen LogP contribution is 2.36. The molecule has 1 aliphatic heterocycles. The number of pyridine rings is 1. The Balaban J connectivity index is 1.51. The Hall–Kier alpha value is -3.26. The van der Waals surface area contributed by atoms with Crippen LogP contribution in [0.2, 0.25) is 0 Å². The third-order valence-electron chi connectivity index (χ3n) is 6.03. The molecular formula is C22H24N6O2. The lowest BCUT2D eigenvalue weighted by atomic mass is 9.85. The number of rotatable bonds is 3. The van der Waals surface area contributed by atoms with E-state index in [1.165, 1.54) is 0 Å². The number of fused-ring (bicyclic) bond motifs is 1. The van der Waals surface area contributed by atoms with Gasteiger partial charge in [-0.25, -0.2) is 4.98 Å². The molecule has 0 bridgehead atoms. The van der Waals surface area contributed by atoms with Gasteiger partial charge in [0.2, 0.25) is 0 Å². The molecule has 8 heteroatoms. The lowest BCUT2D eigenvalue weighted by molar-refractivity contribution is 0.0112. The third-order valence-corrected chi connectivity index (χ3v) is 6.03. The van der Waals surface area contributed by atoms with Crippen LogP contribution >= 0.6 is 0 Å². The van der Waals surface area contributed by atoms with Crippen LogP contribution in [0, 0.1) is 20.8 Å². The second-order valence-electron chi connectivity index (χ2n) is 8.03. The van der Waals surface area contributed by atoms with Crippen molar-refractivity contribution in [3.05, 3.63) is 59.2 Å². The van der Waals surface area contributed by atoms with E-state index in [4.69, 9.17) is 14.6 Å². The minimum Gasteiger partial charge on any atom is -0.385 e. The molecule has 1 fully saturated rings. The van der Waals surface area contributed by atoms with E-state index in [1.54, 1.807) is 12.4 Å². The Bertz CT molecular complexity index is 1210. The van der Waals surface area contributed by atoms with Gasteiger partial charge in [-0.3, -0.25) is 4.98 Å². The Labute approximate surface area is 174 Å². The number of piperidine rings is 1. The highest BCUT2D eigenvalue weighted by Gasteiger charge is 2.35. The van der Waals surface area contributed by atoms with E-state index >= 15 is 0 Å². The molecule has 1 N–H and O–H groups in total. The van der Waals surface area contributed by atoms with Crippen LogP contribution in [0.5, 0.6) is 0 Å². The second kappa shape index (κ2) is 6.91. The maximum absolute atomic E-state index is 11.2. The molecule has 0 saturated carbocycles. The van der Waals surface area contributed by atoms with E-state index < -0.39 is 5.60 Å². The molecule has 8 nitrogen and oxygen atoms in total. The Morgan fingerprint density at radius 2 is 1.90 bits per heavy atom. The van der Waals surface area contributed by atoms with E-state index in [0.29, 0.717) is 31.6 Å². The van der Waals surface area contributed by atoms with Gasteiger partial charge in [0.25, 0.3) is 0 Å². The Morgan fingerprint density at radius 1 is 1.10 bits per heavy atom. The largest absolute Gasteiger partial charge is 0.385 e. The molecular weight excluding hydrogens is 380 g/mol. The van der Waals surface area contributed by atoms with Gasteiger partial charge in [0, 0.05) is 54.4 Å². The SMILES string of the molecule is Cc1cc(-c2cc3nc(C)c(C)c(N4CCC(O)(c5cccnc5)CC4)n3n2)no1. The summed E-state index contributed by atoms with van der Waals surface area (Å²) in [6.45, 7) is 7.37. The first-order valence-corrected chi connectivity index (χ1v) is 10.1. The van der Waals surface area contributed by atoms with Gasteiger partial charge >= 0.3 is 0 Å². The highest BCUT2D eigenvalue weighted by atomic mass is 16.5. The van der Waals surface area contributed by atoms with Crippen molar-refractivity contribution < 1.29 is 9.63 Å². The highest BCUT2D eigenvalue weighted by molar-refractivity contribution is 5.65. The number of hydrogen-bond acceptors (Lipinski definition) is 7. The average molecular weight is 404 g/mol. The average Bonchev–Trinajstić information content (AvgIpc) is 3.37. The zero-order valence-corrected chi connectivity index (χ0v) is 17.3. The minimum absolute atomic E-state index is 0.623. The van der Waals surface area contributed by atoms with E-state index in [-0.39, 0.29) is 0 Å². The summed E-state index contributed by atoms with van der Waals surface area (Å²) in [5, 5.41) is 20.1. The molecule has 0 aliphatic carbocycles. The van der Waals surface area contributed by atoms with Gasteiger partial charge in [0.1, 0.15) is 23.0 Å². The van der Waals surface area contributed by atoms with E-state index in [9.17, 15) is 5.11 Å². The van der Waals surface area contributed by atoms with Gasteiger partial charge in [-0.2, -0.15) is 9.61 Å². The van der Waals surface area contributed by atoms with Gasteiger partial charge in [0.15, 0.2) is 5.65 Å². The van der Waals surface area contributed by atoms with E-state index in [0.717, 1.165) is 39.7 Å². The summed E-state index contributed by atoms with van der Waals surface area (Å²) in [6, 6.07) is 7.62. The molecule has 0 aromatic carbocycles. The fraction of sp³-hybridized carbons (Fsp3) is 0.364. The van der Waals surface area contributed by atoms with Crippen LogP contribution in [0.25, 0.3) is 17.0 Å². The van der Waals surface area contributed by atoms with Gasteiger partial charge < -0.3 is 14.5 Å². The second-order valence-corrected chi connectivity index (χ2v) is 8.03. The van der Waals surface area contributed by atoms with Crippen LogP contribution in [0.3, 0.4) is 0 Å². The molecule has 0 unspecified atom stereocenters. The zero-order valence-electron chi connectivity index (χ0n) is 17.3. The van der Waals surface area contributed by atoms with Crippen molar-refractivity contribution in [2.75, 3.05) is 18.0 Å². The molecule has 154 valence electrons. The van der Waals surface area contributed by atoms with Gasteiger partial charge in [-0.05, 0) is 39.7 Å². The number of aliphatic hydroxyl groups is 1. The first-order valence-electron chi connectivity index (χ1n) is 10.1. The monoisotopic (exact) mass is 404 g/mol. The Morgan fingerprint density at radius 3 is 2.57 bits per heavy atom. The van der Waals surface area contributed by atoms with Crippen LogP contribution in [-0.2, 0) is 5.60 Å². The lowest BCUT2D eigenvalue weighted by Gasteiger charge is -2.39. The summed E-state index contributed by atoms with van der Waals surface area (Å²) in [5.41, 5.74) is 4.27. The molecule has 1 saturated heterocycles. The Kier molecular flexibility index (Phi) is 4.32. The molecule has 30 heavy (non-hydrogen) atoms. The van der Waals surface area contributed by atoms with Crippen molar-refractivity contribution in [3.63, 3.8) is 0 Å². The van der Waals surface area contributed by atoms with Crippen molar-refractivity contribution in [2.24, 2.45) is 0 Å². The summed E-state index contributed by atoms with van der Waals surface area (Å²) in [4.78, 5) is 11.2. The van der Waals surface area contributed by atoms with Crippen LogP contribution < -0.4 is 4.90 Å². The summed E-state index contributed by atoms with van der Waals surface area (Å²) >= 11 is 0. The van der Waals surface area contributed by atoms with Crippen molar-refractivity contribution >= 4 is 11.5 Å². The van der Waals surface area contributed by atoms with Crippen molar-refractivity contribution in [3.8, 4) is 11.4 Å². The summed E-state index contributed by atoms with van der Waals surface area (Å²) in [6.07, 6.45) is 4.73. The molecule has 5 heterocycles. The summed E-state index contributed by atoms with van der Waals surface area (Å²) in [5.74, 6) is 1.76. The fourth-order valence-corrected chi connectivity index (χ4v) is 4.18. The van der Waals surface area contributed by atoms with Crippen molar-refractivity contribution in [1.29, 1.82) is 0 Å². The molecule has 0 atom stereocenters. The maximum atomic E-state index is 11.2. The predicted molar refractivity (Wildman–Crippen MR) is 112 cm³/mol. The molecule has 4 aromatic heterocycles. The molecule has 1 aliphatic rings. The van der Waals surface area contributed by atoms with E-state index in [1.807, 2.05) is 42.6 Å². The number of nitrogens with zero attached hydrogens (tertiary/aromatic N) is 6. The fourth-order valence-electron chi connectivity index (χ4n) is 4.18. The van der Waals surface area contributed by atoms with Crippen molar-refractivity contribution in [2.45, 2.75) is 39.2 Å². The van der Waals surface area contributed by atoms with Crippen LogP contribution in [0.1, 0.15) is 35.4 Å². The van der Waals surface area contributed by atoms with Gasteiger partial charge in [-0.15, -0.1) is 0 Å². The first kappa shape index (κ1) is 18.7. The smallest absolute Gasteiger partial charge is 0.158 e. The summed E-state index contributed by atoms with van der Waals surface area (Å²) in [7, 11) is 0. The molecule has 0 amide bonds. The predicted octanol–water partition coefficient (Wildman–Crippen LogP) is 3.19. The maximum Gasteiger partial charge on any atom is 0.158 e. The zero-order chi connectivity index (χ0) is 20.9. The lowest BCUT2D eigenvalue weighted by Crippen LogP contribution is -2.43. The number of anilines is 1. The third kappa shape index (κ3) is 3.04. The minimum atomic E-state index is -0.854. The van der Waals surface area contributed by atoms with Crippen LogP contribution in [0.15, 0.2) is 41.2 Å². The van der Waals surface area contributed by atoms with Gasteiger partial charge in [0.05, 0.1) is 5.60 Å². The first-order chi connectivity index (χ1) is 14.4. The number of aromatic nitrogens is 5. The molecule has 0 radical (unpaired) electrons. The van der Waals surface area contributed by atoms with Crippen molar-refractivity contribution in [1.82, 2.24) is 24.7 Å². The van der Waals surface area contributed by atoms with Crippen LogP contribution in [-0.4, -0.2) is 42.9 Å². The molecule has 0 spiro atoms. The number of aryl methyl sites for hydroxylation is 2.